The molecule has 0 aliphatic carbocycles. The van der Waals surface area contributed by atoms with Gasteiger partial charge in [-0.2, -0.15) is 0 Å². The van der Waals surface area contributed by atoms with Gasteiger partial charge >= 0.3 is 0 Å². The zero-order valence-electron chi connectivity index (χ0n) is 5.42. The molecule has 9 heavy (non-hydrogen) atoms. The number of hydrogen-bond acceptors (Lipinski definition) is 4. The summed E-state index contributed by atoms with van der Waals surface area (Å²) in [6, 6.07) is 0. The van der Waals surface area contributed by atoms with Crippen LogP contribution in [0.5, 0.6) is 0 Å². The van der Waals surface area contributed by atoms with Crippen molar-refractivity contribution in [1.82, 2.24) is 0 Å². The standard InChI is InChI=1S/C4H10BNO3/c1-8-4(7)2-5-9-3-6/h5H,2-3,6H2,1H3. The van der Waals surface area contributed by atoms with E-state index >= 15 is 0 Å². The number of ether oxygens (including phenoxy) is 1. The van der Waals surface area contributed by atoms with Crippen LogP contribution in [0.3, 0.4) is 0 Å². The molecule has 0 spiro atoms. The second kappa shape index (κ2) is 5.59. The number of hydrogen-bond donors (Lipinski definition) is 1. The van der Waals surface area contributed by atoms with Crippen molar-refractivity contribution in [1.29, 1.82) is 0 Å². The molecule has 0 bridgehead atoms. The molecule has 2 N–H and O–H groups in total. The van der Waals surface area contributed by atoms with Gasteiger partial charge in [-0.1, -0.05) is 0 Å². The molecule has 0 radical (unpaired) electrons. The van der Waals surface area contributed by atoms with Gasteiger partial charge in [0, 0.05) is 6.32 Å². The zero-order chi connectivity index (χ0) is 7.11. The quantitative estimate of drug-likeness (QED) is 0.227. The smallest absolute Gasteiger partial charge is 0.300 e. The Hall–Kier alpha value is -0.545. The first-order chi connectivity index (χ1) is 4.31. The molecule has 0 saturated heterocycles. The fraction of sp³-hybridized carbons (Fsp3) is 0.750. The molecule has 0 aromatic carbocycles. The van der Waals surface area contributed by atoms with Gasteiger partial charge in [-0.15, -0.1) is 0 Å². The summed E-state index contributed by atoms with van der Waals surface area (Å²) in [5.74, 6) is -0.275. The van der Waals surface area contributed by atoms with Crippen molar-refractivity contribution in [3.05, 3.63) is 0 Å². The van der Waals surface area contributed by atoms with Crippen LogP contribution in [0.4, 0.5) is 0 Å². The van der Waals surface area contributed by atoms with Gasteiger partial charge in [0.25, 0.3) is 13.5 Å². The molecule has 0 rings (SSSR count). The van der Waals surface area contributed by atoms with Crippen LogP contribution < -0.4 is 5.73 Å². The Morgan fingerprint density at radius 3 is 2.89 bits per heavy atom. The van der Waals surface area contributed by atoms with Crippen LogP contribution >= 0.6 is 0 Å². The van der Waals surface area contributed by atoms with Gasteiger partial charge in [-0.05, 0) is 0 Å². The van der Waals surface area contributed by atoms with Crippen LogP contribution in [0.15, 0.2) is 0 Å². The Morgan fingerprint density at radius 2 is 2.44 bits per heavy atom. The van der Waals surface area contributed by atoms with E-state index in [4.69, 9.17) is 5.73 Å². The lowest BCUT2D eigenvalue weighted by Crippen LogP contribution is -2.12. The molecular formula is C4H10BNO3. The molecule has 0 unspecified atom stereocenters. The average Bonchev–Trinajstić information content (AvgIpc) is 1.89. The molecule has 0 atom stereocenters. The minimum absolute atomic E-state index is 0.150. The minimum Gasteiger partial charge on any atom is -0.469 e. The van der Waals surface area contributed by atoms with Crippen LogP contribution in [0.1, 0.15) is 0 Å². The van der Waals surface area contributed by atoms with E-state index in [9.17, 15) is 4.79 Å². The molecule has 0 heterocycles. The van der Waals surface area contributed by atoms with E-state index in [0.29, 0.717) is 7.48 Å². The van der Waals surface area contributed by atoms with E-state index in [0.717, 1.165) is 0 Å². The van der Waals surface area contributed by atoms with E-state index in [2.05, 4.69) is 9.39 Å². The van der Waals surface area contributed by atoms with E-state index in [1.165, 1.54) is 7.11 Å². The van der Waals surface area contributed by atoms with Gasteiger partial charge in [-0.3, -0.25) is 4.79 Å². The molecule has 0 aromatic heterocycles. The maximum atomic E-state index is 10.3. The highest BCUT2D eigenvalue weighted by atomic mass is 16.5. The number of esters is 1. The van der Waals surface area contributed by atoms with E-state index in [1.54, 1.807) is 0 Å². The van der Waals surface area contributed by atoms with Gasteiger partial charge in [-0.25, -0.2) is 0 Å². The summed E-state index contributed by atoms with van der Waals surface area (Å²) in [5.41, 5.74) is 4.98. The van der Waals surface area contributed by atoms with Crippen LogP contribution in [0.2, 0.25) is 6.32 Å². The summed E-state index contributed by atoms with van der Waals surface area (Å²) in [6.45, 7) is 0.150. The molecule has 0 aliphatic heterocycles. The third-order valence-electron chi connectivity index (χ3n) is 0.796. The summed E-state index contributed by atoms with van der Waals surface area (Å²) >= 11 is 0. The van der Waals surface area contributed by atoms with Crippen molar-refractivity contribution in [3.63, 3.8) is 0 Å². The highest BCUT2D eigenvalue weighted by Gasteiger charge is 1.99. The van der Waals surface area contributed by atoms with Gasteiger partial charge in [0.1, 0.15) is 0 Å². The van der Waals surface area contributed by atoms with Crippen molar-refractivity contribution in [3.8, 4) is 0 Å². The topological polar surface area (TPSA) is 61.5 Å². The average molecular weight is 131 g/mol. The van der Waals surface area contributed by atoms with Gasteiger partial charge in [0.05, 0.1) is 13.8 Å². The second-order valence-corrected chi connectivity index (χ2v) is 1.40. The van der Waals surface area contributed by atoms with Crippen LogP contribution in [0.25, 0.3) is 0 Å². The summed E-state index contributed by atoms with van der Waals surface area (Å²) in [7, 11) is 1.67. The first-order valence-corrected chi connectivity index (χ1v) is 2.66. The summed E-state index contributed by atoms with van der Waals surface area (Å²) in [5, 5.41) is 0. The van der Waals surface area contributed by atoms with Crippen molar-refractivity contribution in [2.75, 3.05) is 13.8 Å². The Morgan fingerprint density at radius 1 is 1.78 bits per heavy atom. The third kappa shape index (κ3) is 5.32. The molecule has 4 nitrogen and oxygen atoms in total. The lowest BCUT2D eigenvalue weighted by Gasteiger charge is -1.96. The van der Waals surface area contributed by atoms with Crippen LogP contribution in [-0.4, -0.2) is 27.3 Å². The molecule has 52 valence electrons. The van der Waals surface area contributed by atoms with Crippen molar-refractivity contribution in [2.45, 2.75) is 6.32 Å². The Labute approximate surface area is 54.6 Å². The molecule has 0 amide bonds. The monoisotopic (exact) mass is 131 g/mol. The lowest BCUT2D eigenvalue weighted by molar-refractivity contribution is -0.138. The highest BCUT2D eigenvalue weighted by Crippen LogP contribution is 1.82. The lowest BCUT2D eigenvalue weighted by atomic mass is 9.96. The van der Waals surface area contributed by atoms with E-state index in [1.807, 2.05) is 0 Å². The van der Waals surface area contributed by atoms with Gasteiger partial charge in [0.2, 0.25) is 0 Å². The Bertz CT molecular complexity index is 87.9. The van der Waals surface area contributed by atoms with Crippen LogP contribution in [0, 0.1) is 0 Å². The first kappa shape index (κ1) is 8.45. The highest BCUT2D eigenvalue weighted by molar-refractivity contribution is 6.33. The molecule has 0 aromatic rings. The fourth-order valence-electron chi connectivity index (χ4n) is 0.341. The SMILES string of the molecule is COC(=O)CBOCN. The molecule has 5 heteroatoms. The number of methoxy groups -OCH3 is 1. The Kier molecular flexibility index (Phi) is 5.25. The van der Waals surface area contributed by atoms with E-state index < -0.39 is 0 Å². The molecular weight excluding hydrogens is 121 g/mol. The summed E-state index contributed by atoms with van der Waals surface area (Å²) in [4.78, 5) is 10.3. The number of rotatable bonds is 4. The van der Waals surface area contributed by atoms with Crippen LogP contribution in [-0.2, 0) is 14.2 Å². The third-order valence-corrected chi connectivity index (χ3v) is 0.796. The normalized spacial score (nSPS) is 8.67. The second-order valence-electron chi connectivity index (χ2n) is 1.40. The van der Waals surface area contributed by atoms with E-state index in [-0.39, 0.29) is 19.0 Å². The maximum absolute atomic E-state index is 10.3. The maximum Gasteiger partial charge on any atom is 0.300 e. The molecule has 0 fully saturated rings. The number of nitrogens with two attached hydrogens (primary N) is 1. The Balaban J connectivity index is 2.97. The van der Waals surface area contributed by atoms with Crippen molar-refractivity contribution < 1.29 is 14.2 Å². The summed E-state index contributed by atoms with van der Waals surface area (Å²) in [6.07, 6.45) is 0.272. The fourth-order valence-corrected chi connectivity index (χ4v) is 0.341. The van der Waals surface area contributed by atoms with Crippen molar-refractivity contribution in [2.24, 2.45) is 5.73 Å². The molecule has 0 aliphatic rings. The predicted molar refractivity (Wildman–Crippen MR) is 34.1 cm³/mol. The molecule has 0 saturated carbocycles. The largest absolute Gasteiger partial charge is 0.469 e. The minimum atomic E-state index is -0.275. The predicted octanol–water partition coefficient (Wildman–Crippen LogP) is -1.14. The summed E-state index contributed by atoms with van der Waals surface area (Å²) < 4.78 is 9.02. The number of carbonyl (C=O) groups excluding carboxylic acids is 1. The van der Waals surface area contributed by atoms with Crippen molar-refractivity contribution >= 4 is 13.5 Å². The zero-order valence-corrected chi connectivity index (χ0v) is 5.42. The van der Waals surface area contributed by atoms with Gasteiger partial charge < -0.3 is 15.1 Å². The number of carbonyl (C=O) groups is 1. The van der Waals surface area contributed by atoms with Gasteiger partial charge in [0.15, 0.2) is 0 Å². The first-order valence-electron chi connectivity index (χ1n) is 2.66.